The molecule has 2 heteroatoms. The van der Waals surface area contributed by atoms with Crippen molar-refractivity contribution in [2.75, 3.05) is 6.54 Å². The average Bonchev–Trinajstić information content (AvgIpc) is 2.68. The first kappa shape index (κ1) is 10.8. The van der Waals surface area contributed by atoms with Crippen LogP contribution in [0.4, 0.5) is 0 Å². The number of pyridine rings is 1. The second-order valence-electron chi connectivity index (χ2n) is 5.12. The van der Waals surface area contributed by atoms with E-state index >= 15 is 0 Å². The molecule has 1 aliphatic rings. The molecular weight excluding hydrogens is 208 g/mol. The fourth-order valence-electron chi connectivity index (χ4n) is 2.91. The Bertz CT molecular complexity index is 507. The van der Waals surface area contributed by atoms with Gasteiger partial charge in [-0.1, -0.05) is 12.5 Å². The number of hydrogen-bond acceptors (Lipinski definition) is 1. The van der Waals surface area contributed by atoms with Crippen LogP contribution in [0.5, 0.6) is 0 Å². The highest BCUT2D eigenvalue weighted by Crippen LogP contribution is 2.19. The molecule has 0 saturated carbocycles. The number of nitrogens with one attached hydrogen (secondary N) is 1. The summed E-state index contributed by atoms with van der Waals surface area (Å²) in [6.07, 6.45) is 7.37. The number of fused-ring (bicyclic) bond motifs is 1. The Morgan fingerprint density at radius 3 is 3.12 bits per heavy atom. The van der Waals surface area contributed by atoms with Gasteiger partial charge in [-0.15, -0.1) is 0 Å². The summed E-state index contributed by atoms with van der Waals surface area (Å²) in [4.78, 5) is 0. The molecule has 2 nitrogen and oxygen atoms in total. The van der Waals surface area contributed by atoms with Gasteiger partial charge in [0.2, 0.25) is 0 Å². The maximum Gasteiger partial charge on any atom is 0.0455 e. The van der Waals surface area contributed by atoms with Gasteiger partial charge in [0, 0.05) is 29.9 Å². The summed E-state index contributed by atoms with van der Waals surface area (Å²) in [5.41, 5.74) is 4.21. The minimum absolute atomic E-state index is 0.667. The van der Waals surface area contributed by atoms with E-state index in [9.17, 15) is 0 Å². The highest BCUT2D eigenvalue weighted by Gasteiger charge is 2.16. The predicted octanol–water partition coefficient (Wildman–Crippen LogP) is 2.93. The smallest absolute Gasteiger partial charge is 0.0455 e. The molecule has 1 N–H and O–H groups in total. The van der Waals surface area contributed by atoms with Crippen LogP contribution in [0.2, 0.25) is 0 Å². The van der Waals surface area contributed by atoms with Gasteiger partial charge in [0.05, 0.1) is 0 Å². The molecule has 0 aromatic carbocycles. The van der Waals surface area contributed by atoms with Crippen LogP contribution in [-0.4, -0.2) is 17.0 Å². The van der Waals surface area contributed by atoms with Crippen molar-refractivity contribution in [2.45, 2.75) is 38.6 Å². The van der Waals surface area contributed by atoms with Crippen LogP contribution >= 0.6 is 0 Å². The SMILES string of the molecule is Cc1cc2ccccn2c1CC1CCCCN1. The Morgan fingerprint density at radius 1 is 1.35 bits per heavy atom. The number of aromatic nitrogens is 1. The topological polar surface area (TPSA) is 16.4 Å². The summed E-state index contributed by atoms with van der Waals surface area (Å²) >= 11 is 0. The molecule has 1 fully saturated rings. The molecule has 0 radical (unpaired) electrons. The number of rotatable bonds is 2. The molecule has 17 heavy (non-hydrogen) atoms. The van der Waals surface area contributed by atoms with Crippen molar-refractivity contribution in [3.8, 4) is 0 Å². The van der Waals surface area contributed by atoms with Crippen LogP contribution in [0.1, 0.15) is 30.5 Å². The van der Waals surface area contributed by atoms with Gasteiger partial charge in [-0.3, -0.25) is 0 Å². The second-order valence-corrected chi connectivity index (χ2v) is 5.12. The molecule has 2 aromatic rings. The largest absolute Gasteiger partial charge is 0.321 e. The van der Waals surface area contributed by atoms with Crippen molar-refractivity contribution >= 4 is 5.52 Å². The van der Waals surface area contributed by atoms with Crippen LogP contribution in [0, 0.1) is 6.92 Å². The molecule has 2 aromatic heterocycles. The maximum absolute atomic E-state index is 3.64. The minimum Gasteiger partial charge on any atom is -0.321 e. The van der Waals surface area contributed by atoms with Gasteiger partial charge in [0.1, 0.15) is 0 Å². The van der Waals surface area contributed by atoms with Crippen molar-refractivity contribution in [2.24, 2.45) is 0 Å². The lowest BCUT2D eigenvalue weighted by atomic mass is 9.99. The Kier molecular flexibility index (Phi) is 2.89. The number of piperidine rings is 1. The lowest BCUT2D eigenvalue weighted by molar-refractivity contribution is 0.396. The van der Waals surface area contributed by atoms with Crippen molar-refractivity contribution in [3.63, 3.8) is 0 Å². The summed E-state index contributed by atoms with van der Waals surface area (Å²) in [7, 11) is 0. The summed E-state index contributed by atoms with van der Waals surface area (Å²) in [6, 6.07) is 9.37. The molecule has 1 saturated heterocycles. The minimum atomic E-state index is 0.667. The molecule has 0 aliphatic carbocycles. The van der Waals surface area contributed by atoms with Crippen molar-refractivity contribution in [3.05, 3.63) is 41.7 Å². The van der Waals surface area contributed by atoms with Gasteiger partial charge >= 0.3 is 0 Å². The molecule has 3 rings (SSSR count). The highest BCUT2D eigenvalue weighted by molar-refractivity contribution is 5.53. The molecule has 3 heterocycles. The molecule has 90 valence electrons. The molecule has 0 amide bonds. The fraction of sp³-hybridized carbons (Fsp3) is 0.467. The summed E-state index contributed by atoms with van der Waals surface area (Å²) < 4.78 is 2.34. The quantitative estimate of drug-likeness (QED) is 0.836. The van der Waals surface area contributed by atoms with Crippen LogP contribution in [0.25, 0.3) is 5.52 Å². The van der Waals surface area contributed by atoms with Crippen LogP contribution in [0.3, 0.4) is 0 Å². The molecule has 1 unspecified atom stereocenters. The normalized spacial score (nSPS) is 20.9. The van der Waals surface area contributed by atoms with Gasteiger partial charge in [-0.05, 0) is 50.1 Å². The zero-order chi connectivity index (χ0) is 11.7. The molecular formula is C15H20N2. The highest BCUT2D eigenvalue weighted by atomic mass is 14.9. The van der Waals surface area contributed by atoms with Gasteiger partial charge in [0.15, 0.2) is 0 Å². The van der Waals surface area contributed by atoms with Gasteiger partial charge in [0.25, 0.3) is 0 Å². The van der Waals surface area contributed by atoms with Crippen LogP contribution < -0.4 is 5.32 Å². The predicted molar refractivity (Wildman–Crippen MR) is 71.5 cm³/mol. The third-order valence-electron chi connectivity index (χ3n) is 3.85. The van der Waals surface area contributed by atoms with Crippen molar-refractivity contribution in [1.82, 2.24) is 9.72 Å². The monoisotopic (exact) mass is 228 g/mol. The van der Waals surface area contributed by atoms with Crippen LogP contribution in [0.15, 0.2) is 30.5 Å². The Labute approximate surface area is 103 Å². The zero-order valence-corrected chi connectivity index (χ0v) is 10.4. The van der Waals surface area contributed by atoms with Crippen LogP contribution in [-0.2, 0) is 6.42 Å². The average molecular weight is 228 g/mol. The lowest BCUT2D eigenvalue weighted by Crippen LogP contribution is -2.36. The lowest BCUT2D eigenvalue weighted by Gasteiger charge is -2.23. The van der Waals surface area contributed by atoms with E-state index in [1.165, 1.54) is 42.6 Å². The first-order valence-electron chi connectivity index (χ1n) is 6.63. The molecule has 0 bridgehead atoms. The van der Waals surface area contributed by atoms with Crippen molar-refractivity contribution < 1.29 is 0 Å². The first-order chi connectivity index (χ1) is 8.34. The third kappa shape index (κ3) is 2.09. The van der Waals surface area contributed by atoms with Crippen molar-refractivity contribution in [1.29, 1.82) is 0 Å². The standard InChI is InChI=1S/C15H20N2/c1-12-10-14-7-3-5-9-17(14)15(12)11-13-6-2-4-8-16-13/h3,5,7,9-10,13,16H,2,4,6,8,11H2,1H3. The summed E-state index contributed by atoms with van der Waals surface area (Å²) in [5, 5.41) is 3.64. The Hall–Kier alpha value is -1.28. The maximum atomic E-state index is 3.64. The van der Waals surface area contributed by atoms with E-state index in [0.29, 0.717) is 6.04 Å². The van der Waals surface area contributed by atoms with Gasteiger partial charge in [-0.25, -0.2) is 0 Å². The third-order valence-corrected chi connectivity index (χ3v) is 3.85. The second kappa shape index (κ2) is 4.53. The van der Waals surface area contributed by atoms with E-state index in [0.717, 1.165) is 6.42 Å². The van der Waals surface area contributed by atoms with E-state index in [1.807, 2.05) is 0 Å². The number of nitrogens with zero attached hydrogens (tertiary/aromatic N) is 1. The summed E-state index contributed by atoms with van der Waals surface area (Å²) in [5.74, 6) is 0. The van der Waals surface area contributed by atoms with Gasteiger partial charge < -0.3 is 9.72 Å². The first-order valence-corrected chi connectivity index (χ1v) is 6.63. The molecule has 1 atom stereocenters. The summed E-state index contributed by atoms with van der Waals surface area (Å²) in [6.45, 7) is 3.41. The zero-order valence-electron chi connectivity index (χ0n) is 10.4. The van der Waals surface area contributed by atoms with E-state index in [4.69, 9.17) is 0 Å². The van der Waals surface area contributed by atoms with E-state index in [-0.39, 0.29) is 0 Å². The number of aryl methyl sites for hydroxylation is 1. The van der Waals surface area contributed by atoms with E-state index in [1.54, 1.807) is 0 Å². The van der Waals surface area contributed by atoms with E-state index < -0.39 is 0 Å². The molecule has 1 aliphatic heterocycles. The Balaban J connectivity index is 1.90. The Morgan fingerprint density at radius 2 is 2.29 bits per heavy atom. The number of hydrogen-bond donors (Lipinski definition) is 1. The fourth-order valence-corrected chi connectivity index (χ4v) is 2.91. The molecule has 0 spiro atoms. The van der Waals surface area contributed by atoms with E-state index in [2.05, 4.69) is 47.1 Å². The van der Waals surface area contributed by atoms with Gasteiger partial charge in [-0.2, -0.15) is 0 Å².